The van der Waals surface area contributed by atoms with E-state index in [0.717, 1.165) is 17.5 Å². The molecule has 8 nitrogen and oxygen atoms in total. The molecule has 0 amide bonds. The lowest BCUT2D eigenvalue weighted by molar-refractivity contribution is -0.384. The summed E-state index contributed by atoms with van der Waals surface area (Å²) in [4.78, 5) is 10.1. The molecule has 0 aliphatic heterocycles. The van der Waals surface area contributed by atoms with Crippen LogP contribution in [0.3, 0.4) is 0 Å². The number of hydrogen-bond donors (Lipinski definition) is 0. The zero-order valence-electron chi connectivity index (χ0n) is 11.1. The van der Waals surface area contributed by atoms with Gasteiger partial charge in [0, 0.05) is 0 Å². The lowest BCUT2D eigenvalue weighted by Gasteiger charge is -2.09. The molecule has 0 unspecified atom stereocenters. The molecule has 8 heteroatoms. The van der Waals surface area contributed by atoms with Crippen LogP contribution < -0.4 is 0 Å². The van der Waals surface area contributed by atoms with Gasteiger partial charge in [0.05, 0.1) is 10.6 Å². The minimum Gasteiger partial charge on any atom is -0.258 e. The lowest BCUT2D eigenvalue weighted by Crippen LogP contribution is -2.10. The van der Waals surface area contributed by atoms with Crippen molar-refractivity contribution in [2.75, 3.05) is 0 Å². The highest BCUT2D eigenvalue weighted by Gasteiger charge is 2.18. The fraction of sp³-hybridized carbons (Fsp3) is 0.333. The minimum atomic E-state index is -0.551. The molecule has 0 spiro atoms. The van der Waals surface area contributed by atoms with Crippen molar-refractivity contribution in [3.05, 3.63) is 39.3 Å². The van der Waals surface area contributed by atoms with E-state index in [4.69, 9.17) is 0 Å². The van der Waals surface area contributed by atoms with Crippen LogP contribution in [-0.2, 0) is 12.8 Å². The summed E-state index contributed by atoms with van der Waals surface area (Å²) in [5.41, 5.74) is 1.76. The van der Waals surface area contributed by atoms with Crippen molar-refractivity contribution in [2.45, 2.75) is 26.7 Å². The third-order valence-corrected chi connectivity index (χ3v) is 2.94. The summed E-state index contributed by atoms with van der Waals surface area (Å²) in [5, 5.41) is 31.9. The summed E-state index contributed by atoms with van der Waals surface area (Å²) in [6.07, 6.45) is 3.64. The first kappa shape index (κ1) is 13.6. The van der Waals surface area contributed by atoms with Crippen LogP contribution in [0.15, 0.2) is 12.4 Å². The molecule has 2 aromatic heterocycles. The largest absolute Gasteiger partial charge is 0.307 e. The third kappa shape index (κ3) is 2.21. The van der Waals surface area contributed by atoms with Gasteiger partial charge >= 0.3 is 5.69 Å². The molecule has 0 aliphatic rings. The van der Waals surface area contributed by atoms with Crippen LogP contribution in [0.5, 0.6) is 0 Å². The number of nitriles is 1. The zero-order valence-corrected chi connectivity index (χ0v) is 11.1. The van der Waals surface area contributed by atoms with Crippen molar-refractivity contribution < 1.29 is 4.92 Å². The van der Waals surface area contributed by atoms with Crippen molar-refractivity contribution in [2.24, 2.45) is 0 Å². The predicted molar refractivity (Wildman–Crippen MR) is 69.3 cm³/mol. The molecule has 0 bridgehead atoms. The normalized spacial score (nSPS) is 10.2. The quantitative estimate of drug-likeness (QED) is 0.617. The number of hydrogen-bond acceptors (Lipinski definition) is 6. The Hall–Kier alpha value is -2.82. The molecule has 2 aromatic rings. The van der Waals surface area contributed by atoms with Crippen molar-refractivity contribution in [1.29, 1.82) is 5.26 Å². The lowest BCUT2D eigenvalue weighted by atomic mass is 10.0. The fourth-order valence-electron chi connectivity index (χ4n) is 1.96. The van der Waals surface area contributed by atoms with Gasteiger partial charge in [-0.15, -0.1) is 5.10 Å². The van der Waals surface area contributed by atoms with E-state index in [1.165, 1.54) is 10.9 Å². The van der Waals surface area contributed by atoms with Gasteiger partial charge in [-0.1, -0.05) is 13.8 Å². The van der Waals surface area contributed by atoms with Crippen LogP contribution in [0.4, 0.5) is 5.69 Å². The highest BCUT2D eigenvalue weighted by molar-refractivity contribution is 5.50. The van der Waals surface area contributed by atoms with E-state index < -0.39 is 4.92 Å². The maximum absolute atomic E-state index is 10.7. The second-order valence-corrected chi connectivity index (χ2v) is 4.04. The standard InChI is InChI=1S/C12H12N6O2/c1-3-9-10(5-13)12(16-15-11(9)4-2)17-7-8(6-14-17)18(19)20/h6-7H,3-4H2,1-2H3. The molecular formula is C12H12N6O2. The molecule has 0 fully saturated rings. The first-order valence-corrected chi connectivity index (χ1v) is 6.10. The third-order valence-electron chi connectivity index (χ3n) is 2.94. The molecule has 0 aromatic carbocycles. The van der Waals surface area contributed by atoms with Gasteiger partial charge in [-0.2, -0.15) is 15.5 Å². The van der Waals surface area contributed by atoms with E-state index in [9.17, 15) is 15.4 Å². The van der Waals surface area contributed by atoms with Crippen LogP contribution in [-0.4, -0.2) is 24.9 Å². The maximum Gasteiger partial charge on any atom is 0.307 e. The Morgan fingerprint density at radius 1 is 1.40 bits per heavy atom. The first-order chi connectivity index (χ1) is 9.62. The summed E-state index contributed by atoms with van der Waals surface area (Å²) >= 11 is 0. The summed E-state index contributed by atoms with van der Waals surface area (Å²) in [6, 6.07) is 2.09. The molecule has 2 heterocycles. The van der Waals surface area contributed by atoms with Gasteiger partial charge in [-0.05, 0) is 18.4 Å². The molecule has 102 valence electrons. The van der Waals surface area contributed by atoms with E-state index in [2.05, 4.69) is 21.4 Å². The number of aromatic nitrogens is 4. The average Bonchev–Trinajstić information content (AvgIpc) is 2.95. The Morgan fingerprint density at radius 2 is 2.15 bits per heavy atom. The molecule has 0 saturated carbocycles. The Balaban J connectivity index is 2.62. The fourth-order valence-corrected chi connectivity index (χ4v) is 1.96. The number of rotatable bonds is 4. The van der Waals surface area contributed by atoms with E-state index in [-0.39, 0.29) is 11.5 Å². The van der Waals surface area contributed by atoms with Gasteiger partial charge < -0.3 is 0 Å². The van der Waals surface area contributed by atoms with Crippen molar-refractivity contribution >= 4 is 5.69 Å². The molecule has 0 N–H and O–H groups in total. The second kappa shape index (κ2) is 5.44. The van der Waals surface area contributed by atoms with Crippen LogP contribution in [0, 0.1) is 21.4 Å². The van der Waals surface area contributed by atoms with Gasteiger partial charge in [-0.25, -0.2) is 4.68 Å². The zero-order chi connectivity index (χ0) is 14.7. The monoisotopic (exact) mass is 272 g/mol. The van der Waals surface area contributed by atoms with Crippen molar-refractivity contribution in [1.82, 2.24) is 20.0 Å². The van der Waals surface area contributed by atoms with Gasteiger partial charge in [0.25, 0.3) is 0 Å². The van der Waals surface area contributed by atoms with Gasteiger partial charge in [0.2, 0.25) is 0 Å². The Kier molecular flexibility index (Phi) is 3.70. The van der Waals surface area contributed by atoms with Crippen molar-refractivity contribution in [3.8, 4) is 11.9 Å². The molecular weight excluding hydrogens is 260 g/mol. The number of aryl methyl sites for hydroxylation is 1. The topological polar surface area (TPSA) is 111 Å². The van der Waals surface area contributed by atoms with Gasteiger partial charge in [0.15, 0.2) is 5.82 Å². The summed E-state index contributed by atoms with van der Waals surface area (Å²) in [6.45, 7) is 3.86. The molecule has 2 rings (SSSR count). The smallest absolute Gasteiger partial charge is 0.258 e. The predicted octanol–water partition coefficient (Wildman–Crippen LogP) is 1.57. The molecule has 20 heavy (non-hydrogen) atoms. The SMILES string of the molecule is CCc1nnc(-n2cc([N+](=O)[O-])cn2)c(C#N)c1CC. The van der Waals surface area contributed by atoms with Crippen LogP contribution in [0.1, 0.15) is 30.7 Å². The maximum atomic E-state index is 10.7. The van der Waals surface area contributed by atoms with E-state index in [0.29, 0.717) is 18.4 Å². The summed E-state index contributed by atoms with van der Waals surface area (Å²) < 4.78 is 1.21. The summed E-state index contributed by atoms with van der Waals surface area (Å²) in [5.74, 6) is 0.217. The van der Waals surface area contributed by atoms with Gasteiger partial charge in [0.1, 0.15) is 24.0 Å². The number of nitrogens with zero attached hydrogens (tertiary/aromatic N) is 6. The van der Waals surface area contributed by atoms with Crippen LogP contribution in [0.2, 0.25) is 0 Å². The Bertz CT molecular complexity index is 700. The van der Waals surface area contributed by atoms with E-state index in [1.807, 2.05) is 13.8 Å². The van der Waals surface area contributed by atoms with E-state index >= 15 is 0 Å². The minimum absolute atomic E-state index is 0.159. The average molecular weight is 272 g/mol. The summed E-state index contributed by atoms with van der Waals surface area (Å²) in [7, 11) is 0. The molecule has 0 saturated heterocycles. The highest BCUT2D eigenvalue weighted by atomic mass is 16.6. The Morgan fingerprint density at radius 3 is 2.65 bits per heavy atom. The van der Waals surface area contributed by atoms with Gasteiger partial charge in [-0.3, -0.25) is 10.1 Å². The highest BCUT2D eigenvalue weighted by Crippen LogP contribution is 2.20. The van der Waals surface area contributed by atoms with Crippen LogP contribution >= 0.6 is 0 Å². The second-order valence-electron chi connectivity index (χ2n) is 4.04. The van der Waals surface area contributed by atoms with Crippen LogP contribution in [0.25, 0.3) is 5.82 Å². The molecule has 0 radical (unpaired) electrons. The van der Waals surface area contributed by atoms with Crippen molar-refractivity contribution in [3.63, 3.8) is 0 Å². The molecule has 0 aliphatic carbocycles. The first-order valence-electron chi connectivity index (χ1n) is 6.10. The molecule has 0 atom stereocenters. The Labute approximate surface area is 114 Å². The number of nitro groups is 1. The van der Waals surface area contributed by atoms with E-state index in [1.54, 1.807) is 0 Å².